The summed E-state index contributed by atoms with van der Waals surface area (Å²) in [5.41, 5.74) is 2.47. The van der Waals surface area contributed by atoms with Crippen molar-refractivity contribution in [2.45, 2.75) is 30.3 Å². The van der Waals surface area contributed by atoms with E-state index >= 15 is 0 Å². The molecule has 1 spiro atoms. The van der Waals surface area contributed by atoms with Crippen LogP contribution in [-0.2, 0) is 25.3 Å². The summed E-state index contributed by atoms with van der Waals surface area (Å²) in [5.74, 6) is -0.159. The molecule has 1 atom stereocenters. The third-order valence-electron chi connectivity index (χ3n) is 8.10. The quantitative estimate of drug-likeness (QED) is 0.636. The van der Waals surface area contributed by atoms with Gasteiger partial charge in [0.05, 0.1) is 24.6 Å². The van der Waals surface area contributed by atoms with Crippen molar-refractivity contribution in [1.29, 1.82) is 0 Å². The summed E-state index contributed by atoms with van der Waals surface area (Å²) in [5, 5.41) is 0. The van der Waals surface area contributed by atoms with Crippen LogP contribution in [0.25, 0.3) is 0 Å². The number of amides is 2. The lowest BCUT2D eigenvalue weighted by atomic mass is 9.91. The Balaban J connectivity index is 1.15. The maximum absolute atomic E-state index is 13.7. The molecule has 2 amide bonds. The smallest absolute Gasteiger partial charge is 0.409 e. The summed E-state index contributed by atoms with van der Waals surface area (Å²) in [4.78, 5) is 43.7. The molecule has 3 heterocycles. The number of hydrogen-bond acceptors (Lipinski definition) is 6. The third kappa shape index (κ3) is 3.46. The number of esters is 1. The number of ether oxygens (including phenoxy) is 2. The average Bonchev–Trinajstić information content (AvgIpc) is 3.54. The van der Waals surface area contributed by atoms with Crippen molar-refractivity contribution in [3.05, 3.63) is 65.2 Å². The van der Waals surface area contributed by atoms with Gasteiger partial charge in [-0.1, -0.05) is 30.3 Å². The van der Waals surface area contributed by atoms with Gasteiger partial charge >= 0.3 is 12.1 Å². The SMILES string of the molecule is COC(=O)N1CCN(c2ccc(C3(C(=O)N4CCC5(C4)OC(=O)c4ccccc45)CC3)cc2)CC1. The molecule has 8 nitrogen and oxygen atoms in total. The summed E-state index contributed by atoms with van der Waals surface area (Å²) in [7, 11) is 1.41. The second kappa shape index (κ2) is 8.00. The minimum absolute atomic E-state index is 0.134. The third-order valence-corrected chi connectivity index (χ3v) is 8.10. The van der Waals surface area contributed by atoms with Crippen molar-refractivity contribution in [2.75, 3.05) is 51.3 Å². The largest absolute Gasteiger partial charge is 0.453 e. The summed E-state index contributed by atoms with van der Waals surface area (Å²) >= 11 is 0. The molecular formula is C27H29N3O5. The molecule has 0 bridgehead atoms. The molecule has 6 rings (SSSR count). The minimum atomic E-state index is -0.713. The topological polar surface area (TPSA) is 79.4 Å². The second-order valence-electron chi connectivity index (χ2n) is 9.98. The molecule has 182 valence electrons. The molecule has 2 saturated heterocycles. The van der Waals surface area contributed by atoms with E-state index in [1.165, 1.54) is 7.11 Å². The van der Waals surface area contributed by atoms with Crippen molar-refractivity contribution < 1.29 is 23.9 Å². The zero-order valence-corrected chi connectivity index (χ0v) is 19.9. The molecule has 2 aromatic rings. The van der Waals surface area contributed by atoms with E-state index in [1.54, 1.807) is 11.0 Å². The number of methoxy groups -OCH3 is 1. The Morgan fingerprint density at radius 2 is 1.60 bits per heavy atom. The Bertz CT molecular complexity index is 1180. The molecular weight excluding hydrogens is 446 g/mol. The van der Waals surface area contributed by atoms with Gasteiger partial charge in [0.25, 0.3) is 0 Å². The van der Waals surface area contributed by atoms with Crippen molar-refractivity contribution in [3.63, 3.8) is 0 Å². The van der Waals surface area contributed by atoms with Gasteiger partial charge in [0.1, 0.15) is 0 Å². The second-order valence-corrected chi connectivity index (χ2v) is 9.98. The fourth-order valence-electron chi connectivity index (χ4n) is 5.93. The Kier molecular flexibility index (Phi) is 5.02. The molecule has 1 saturated carbocycles. The highest BCUT2D eigenvalue weighted by Crippen LogP contribution is 2.52. The predicted molar refractivity (Wildman–Crippen MR) is 128 cm³/mol. The number of fused-ring (bicyclic) bond motifs is 2. The molecule has 3 fully saturated rings. The van der Waals surface area contributed by atoms with Crippen LogP contribution in [0, 0.1) is 0 Å². The predicted octanol–water partition coefficient (Wildman–Crippen LogP) is 2.90. The lowest BCUT2D eigenvalue weighted by Gasteiger charge is -2.35. The van der Waals surface area contributed by atoms with Crippen LogP contribution < -0.4 is 4.90 Å². The number of hydrogen-bond donors (Lipinski definition) is 0. The Morgan fingerprint density at radius 1 is 0.886 bits per heavy atom. The van der Waals surface area contributed by atoms with Crippen LogP contribution in [0.5, 0.6) is 0 Å². The monoisotopic (exact) mass is 475 g/mol. The maximum Gasteiger partial charge on any atom is 0.409 e. The average molecular weight is 476 g/mol. The Hall–Kier alpha value is -3.55. The van der Waals surface area contributed by atoms with Crippen LogP contribution in [0.15, 0.2) is 48.5 Å². The lowest BCUT2D eigenvalue weighted by Crippen LogP contribution is -2.48. The fourth-order valence-corrected chi connectivity index (χ4v) is 5.93. The summed E-state index contributed by atoms with van der Waals surface area (Å²) in [6.07, 6.45) is 2.02. The first-order valence-corrected chi connectivity index (χ1v) is 12.3. The van der Waals surface area contributed by atoms with Gasteiger partial charge in [-0.15, -0.1) is 0 Å². The van der Waals surface area contributed by atoms with Crippen molar-refractivity contribution in [2.24, 2.45) is 0 Å². The van der Waals surface area contributed by atoms with Crippen molar-refractivity contribution in [3.8, 4) is 0 Å². The maximum atomic E-state index is 13.7. The number of anilines is 1. The van der Waals surface area contributed by atoms with Gasteiger partial charge in [0.2, 0.25) is 5.91 Å². The highest BCUT2D eigenvalue weighted by Gasteiger charge is 2.57. The number of nitrogens with zero attached hydrogens (tertiary/aromatic N) is 3. The summed E-state index contributed by atoms with van der Waals surface area (Å²) in [6.45, 7) is 3.75. The number of likely N-dealkylation sites (tertiary alicyclic amines) is 1. The van der Waals surface area contributed by atoms with E-state index in [-0.39, 0.29) is 18.0 Å². The van der Waals surface area contributed by atoms with Crippen LogP contribution in [0.4, 0.5) is 10.5 Å². The number of rotatable bonds is 3. The fraction of sp³-hybridized carbons (Fsp3) is 0.444. The zero-order valence-electron chi connectivity index (χ0n) is 19.9. The number of carbonyl (C=O) groups excluding carboxylic acids is 3. The number of piperazine rings is 1. The van der Waals surface area contributed by atoms with Crippen molar-refractivity contribution >= 4 is 23.7 Å². The lowest BCUT2D eigenvalue weighted by molar-refractivity contribution is -0.134. The molecule has 1 unspecified atom stereocenters. The molecule has 2 aromatic carbocycles. The van der Waals surface area contributed by atoms with Crippen LogP contribution in [-0.4, -0.2) is 74.1 Å². The van der Waals surface area contributed by atoms with Crippen LogP contribution >= 0.6 is 0 Å². The molecule has 8 heteroatoms. The van der Waals surface area contributed by atoms with E-state index in [4.69, 9.17) is 9.47 Å². The van der Waals surface area contributed by atoms with E-state index in [9.17, 15) is 14.4 Å². The first-order chi connectivity index (χ1) is 17.0. The summed E-state index contributed by atoms with van der Waals surface area (Å²) in [6, 6.07) is 15.8. The van der Waals surface area contributed by atoms with E-state index in [2.05, 4.69) is 29.2 Å². The van der Waals surface area contributed by atoms with Gasteiger partial charge in [0.15, 0.2) is 5.60 Å². The van der Waals surface area contributed by atoms with Gasteiger partial charge in [-0.25, -0.2) is 9.59 Å². The molecule has 0 N–H and O–H groups in total. The first-order valence-electron chi connectivity index (χ1n) is 12.3. The molecule has 4 aliphatic rings. The van der Waals surface area contributed by atoms with E-state index in [1.807, 2.05) is 23.1 Å². The Labute approximate surface area is 204 Å². The molecule has 0 radical (unpaired) electrons. The van der Waals surface area contributed by atoms with Crippen LogP contribution in [0.3, 0.4) is 0 Å². The zero-order chi connectivity index (χ0) is 24.2. The normalized spacial score (nSPS) is 24.4. The number of benzene rings is 2. The molecule has 1 aliphatic carbocycles. The van der Waals surface area contributed by atoms with Gasteiger partial charge in [0, 0.05) is 50.4 Å². The Morgan fingerprint density at radius 3 is 2.29 bits per heavy atom. The van der Waals surface area contributed by atoms with Gasteiger partial charge in [-0.3, -0.25) is 4.79 Å². The van der Waals surface area contributed by atoms with E-state index < -0.39 is 11.0 Å². The first kappa shape index (κ1) is 21.9. The highest BCUT2D eigenvalue weighted by atomic mass is 16.6. The van der Waals surface area contributed by atoms with Gasteiger partial charge in [-0.05, 0) is 36.6 Å². The van der Waals surface area contributed by atoms with Gasteiger partial charge < -0.3 is 24.2 Å². The molecule has 35 heavy (non-hydrogen) atoms. The minimum Gasteiger partial charge on any atom is -0.453 e. The van der Waals surface area contributed by atoms with Gasteiger partial charge in [-0.2, -0.15) is 0 Å². The van der Waals surface area contributed by atoms with Crippen LogP contribution in [0.1, 0.15) is 40.7 Å². The summed E-state index contributed by atoms with van der Waals surface area (Å²) < 4.78 is 10.7. The molecule has 3 aliphatic heterocycles. The van der Waals surface area contributed by atoms with E-state index in [0.717, 1.165) is 42.7 Å². The number of carbonyl (C=O) groups is 3. The standard InChI is InChI=1S/C27H29N3O5/c1-34-25(33)29-16-14-28(15-17-29)20-8-6-19(7-9-20)26(10-11-26)24(32)30-13-12-27(18-30)22-5-3-2-4-21(22)23(31)35-27/h2-9H,10-18H2,1H3. The van der Waals surface area contributed by atoms with Crippen molar-refractivity contribution in [1.82, 2.24) is 9.80 Å². The van der Waals surface area contributed by atoms with E-state index in [0.29, 0.717) is 38.2 Å². The highest BCUT2D eigenvalue weighted by molar-refractivity contribution is 5.96. The van der Waals surface area contributed by atoms with Crippen LogP contribution in [0.2, 0.25) is 0 Å². The molecule has 0 aromatic heterocycles.